The topological polar surface area (TPSA) is 63.3 Å². The van der Waals surface area contributed by atoms with E-state index in [4.69, 9.17) is 4.42 Å². The Labute approximate surface area is 167 Å². The standard InChI is InChI=1S/C22H32N4O2/c1-25(15-18-10-7-13-28-18)22(27)21-19-14-17(11-12-20(19)26(2)24-21)23-16-8-5-3-4-6-9-16/h7,10,13,16-17,23H,3-6,8-9,11-12,14-15H2,1-2H3/t17-/m0/s1. The number of hydrogen-bond acceptors (Lipinski definition) is 4. The van der Waals surface area contributed by atoms with Gasteiger partial charge in [-0.25, -0.2) is 0 Å². The van der Waals surface area contributed by atoms with Gasteiger partial charge in [0.2, 0.25) is 0 Å². The summed E-state index contributed by atoms with van der Waals surface area (Å²) < 4.78 is 7.30. The number of fused-ring (bicyclic) bond motifs is 1. The molecule has 1 amide bonds. The number of aryl methyl sites for hydroxylation is 1. The van der Waals surface area contributed by atoms with Gasteiger partial charge in [0.25, 0.3) is 5.91 Å². The number of aromatic nitrogens is 2. The Kier molecular flexibility index (Phi) is 5.85. The molecule has 0 saturated heterocycles. The molecule has 6 heteroatoms. The van der Waals surface area contributed by atoms with E-state index in [9.17, 15) is 4.79 Å². The SMILES string of the molecule is CN(Cc1ccco1)C(=O)c1nn(C)c2c1C[C@@H](NC1CCCCCC1)CC2. The lowest BCUT2D eigenvalue weighted by atomic mass is 9.90. The van der Waals surface area contributed by atoms with E-state index in [0.717, 1.165) is 30.6 Å². The van der Waals surface area contributed by atoms with Gasteiger partial charge in [0.05, 0.1) is 12.8 Å². The van der Waals surface area contributed by atoms with E-state index in [1.165, 1.54) is 44.2 Å². The number of nitrogens with zero attached hydrogens (tertiary/aromatic N) is 3. The average Bonchev–Trinajstić information content (AvgIpc) is 3.22. The van der Waals surface area contributed by atoms with Crippen molar-refractivity contribution in [3.8, 4) is 0 Å². The van der Waals surface area contributed by atoms with Crippen LogP contribution >= 0.6 is 0 Å². The predicted molar refractivity (Wildman–Crippen MR) is 108 cm³/mol. The maximum Gasteiger partial charge on any atom is 0.274 e. The second kappa shape index (κ2) is 8.52. The van der Waals surface area contributed by atoms with Crippen molar-refractivity contribution in [2.75, 3.05) is 7.05 Å². The number of furan rings is 1. The monoisotopic (exact) mass is 384 g/mol. The fourth-order valence-electron chi connectivity index (χ4n) is 4.77. The summed E-state index contributed by atoms with van der Waals surface area (Å²) in [6.45, 7) is 0.459. The fourth-order valence-corrected chi connectivity index (χ4v) is 4.77. The third-order valence-electron chi connectivity index (χ3n) is 6.30. The Morgan fingerprint density at radius 2 is 2.04 bits per heavy atom. The summed E-state index contributed by atoms with van der Waals surface area (Å²) in [5, 5.41) is 8.51. The Balaban J connectivity index is 1.46. The van der Waals surface area contributed by atoms with E-state index in [1.807, 2.05) is 30.9 Å². The minimum atomic E-state index is -0.0247. The Morgan fingerprint density at radius 1 is 1.25 bits per heavy atom. The van der Waals surface area contributed by atoms with E-state index in [1.54, 1.807) is 11.2 Å². The lowest BCUT2D eigenvalue weighted by molar-refractivity contribution is 0.0767. The lowest BCUT2D eigenvalue weighted by Crippen LogP contribution is -2.42. The summed E-state index contributed by atoms with van der Waals surface area (Å²) in [5.41, 5.74) is 2.96. The zero-order valence-corrected chi connectivity index (χ0v) is 17.1. The first-order valence-corrected chi connectivity index (χ1v) is 10.7. The van der Waals surface area contributed by atoms with Crippen molar-refractivity contribution in [3.05, 3.63) is 41.1 Å². The van der Waals surface area contributed by atoms with Gasteiger partial charge in [-0.3, -0.25) is 9.48 Å². The van der Waals surface area contributed by atoms with Crippen molar-refractivity contribution < 1.29 is 9.21 Å². The van der Waals surface area contributed by atoms with E-state index in [0.29, 0.717) is 24.3 Å². The molecule has 0 unspecified atom stereocenters. The minimum Gasteiger partial charge on any atom is -0.467 e. The van der Waals surface area contributed by atoms with Crippen LogP contribution in [-0.4, -0.2) is 39.7 Å². The highest BCUT2D eigenvalue weighted by atomic mass is 16.3. The van der Waals surface area contributed by atoms with Crippen LogP contribution in [0.5, 0.6) is 0 Å². The summed E-state index contributed by atoms with van der Waals surface area (Å²) in [6.07, 6.45) is 12.6. The molecule has 0 bridgehead atoms. The lowest BCUT2D eigenvalue weighted by Gasteiger charge is -2.29. The summed E-state index contributed by atoms with van der Waals surface area (Å²) in [4.78, 5) is 14.8. The maximum atomic E-state index is 13.1. The molecule has 0 radical (unpaired) electrons. The van der Waals surface area contributed by atoms with Gasteiger partial charge in [-0.15, -0.1) is 0 Å². The molecular weight excluding hydrogens is 352 g/mol. The fraction of sp³-hybridized carbons (Fsp3) is 0.636. The highest BCUT2D eigenvalue weighted by molar-refractivity contribution is 5.94. The summed E-state index contributed by atoms with van der Waals surface area (Å²) in [5.74, 6) is 0.761. The van der Waals surface area contributed by atoms with Crippen molar-refractivity contribution in [1.82, 2.24) is 20.0 Å². The molecule has 1 saturated carbocycles. The molecule has 1 fully saturated rings. The van der Waals surface area contributed by atoms with Gasteiger partial charge in [-0.05, 0) is 44.2 Å². The van der Waals surface area contributed by atoms with Crippen LogP contribution in [0.3, 0.4) is 0 Å². The van der Waals surface area contributed by atoms with Gasteiger partial charge in [-0.2, -0.15) is 5.10 Å². The summed E-state index contributed by atoms with van der Waals surface area (Å²) in [7, 11) is 3.78. The molecule has 2 aliphatic rings. The number of amides is 1. The van der Waals surface area contributed by atoms with Crippen molar-refractivity contribution >= 4 is 5.91 Å². The zero-order chi connectivity index (χ0) is 19.5. The number of carbonyl (C=O) groups excluding carboxylic acids is 1. The second-order valence-electron chi connectivity index (χ2n) is 8.43. The third-order valence-corrected chi connectivity index (χ3v) is 6.30. The highest BCUT2D eigenvalue weighted by Crippen LogP contribution is 2.27. The molecule has 2 aliphatic carbocycles. The van der Waals surface area contributed by atoms with Crippen molar-refractivity contribution in [1.29, 1.82) is 0 Å². The van der Waals surface area contributed by atoms with E-state index < -0.39 is 0 Å². The van der Waals surface area contributed by atoms with Crippen molar-refractivity contribution in [2.24, 2.45) is 7.05 Å². The molecule has 4 rings (SSSR count). The molecule has 0 spiro atoms. The first-order chi connectivity index (χ1) is 13.6. The van der Waals surface area contributed by atoms with Crippen molar-refractivity contribution in [3.63, 3.8) is 0 Å². The molecule has 2 aromatic heterocycles. The van der Waals surface area contributed by atoms with E-state index >= 15 is 0 Å². The first-order valence-electron chi connectivity index (χ1n) is 10.7. The normalized spacial score (nSPS) is 20.6. The Hall–Kier alpha value is -2.08. The van der Waals surface area contributed by atoms with Gasteiger partial charge < -0.3 is 14.6 Å². The highest BCUT2D eigenvalue weighted by Gasteiger charge is 2.30. The van der Waals surface area contributed by atoms with E-state index in [2.05, 4.69) is 10.4 Å². The first kappa shape index (κ1) is 19.2. The molecule has 0 aliphatic heterocycles. The number of nitrogens with one attached hydrogen (secondary N) is 1. The quantitative estimate of drug-likeness (QED) is 0.802. The van der Waals surface area contributed by atoms with Crippen LogP contribution in [0.15, 0.2) is 22.8 Å². The Bertz CT molecular complexity index is 788. The van der Waals surface area contributed by atoms with Gasteiger partial charge in [0.15, 0.2) is 5.69 Å². The number of carbonyl (C=O) groups is 1. The van der Waals surface area contributed by atoms with Crippen molar-refractivity contribution in [2.45, 2.75) is 76.4 Å². The molecule has 0 aromatic carbocycles. The molecule has 28 heavy (non-hydrogen) atoms. The largest absolute Gasteiger partial charge is 0.467 e. The van der Waals surface area contributed by atoms with Crippen LogP contribution in [0.2, 0.25) is 0 Å². The van der Waals surface area contributed by atoms with Gasteiger partial charge in [0.1, 0.15) is 5.76 Å². The van der Waals surface area contributed by atoms with Crippen LogP contribution in [0, 0.1) is 0 Å². The average molecular weight is 385 g/mol. The smallest absolute Gasteiger partial charge is 0.274 e. The van der Waals surface area contributed by atoms with Crippen LogP contribution in [0.1, 0.15) is 72.5 Å². The summed E-state index contributed by atoms with van der Waals surface area (Å²) in [6, 6.07) is 4.82. The molecule has 1 N–H and O–H groups in total. The molecule has 1 atom stereocenters. The minimum absolute atomic E-state index is 0.0247. The van der Waals surface area contributed by atoms with Gasteiger partial charge in [-0.1, -0.05) is 25.7 Å². The number of hydrogen-bond donors (Lipinski definition) is 1. The molecule has 2 aromatic rings. The van der Waals surface area contributed by atoms with Gasteiger partial charge >= 0.3 is 0 Å². The third kappa shape index (κ3) is 4.17. The molecule has 2 heterocycles. The maximum absolute atomic E-state index is 13.1. The van der Waals surface area contributed by atoms with Gasteiger partial charge in [0, 0.05) is 37.4 Å². The molecular formula is C22H32N4O2. The predicted octanol–water partition coefficient (Wildman–Crippen LogP) is 3.46. The van der Waals surface area contributed by atoms with Crippen LogP contribution in [0.25, 0.3) is 0 Å². The Morgan fingerprint density at radius 3 is 2.75 bits per heavy atom. The van der Waals surface area contributed by atoms with Crippen LogP contribution in [0.4, 0.5) is 0 Å². The molecule has 6 nitrogen and oxygen atoms in total. The summed E-state index contributed by atoms with van der Waals surface area (Å²) >= 11 is 0. The zero-order valence-electron chi connectivity index (χ0n) is 17.1. The van der Waals surface area contributed by atoms with Crippen LogP contribution in [-0.2, 0) is 26.4 Å². The molecule has 152 valence electrons. The second-order valence-corrected chi connectivity index (χ2v) is 8.43. The van der Waals surface area contributed by atoms with Crippen LogP contribution < -0.4 is 5.32 Å². The number of rotatable bonds is 5. The van der Waals surface area contributed by atoms with E-state index in [-0.39, 0.29) is 5.91 Å².